The van der Waals surface area contributed by atoms with Gasteiger partial charge in [0.2, 0.25) is 0 Å². The van der Waals surface area contributed by atoms with Crippen LogP contribution in [0.25, 0.3) is 11.4 Å². The topological polar surface area (TPSA) is 35.0 Å². The minimum absolute atomic E-state index is 0.514. The summed E-state index contributed by atoms with van der Waals surface area (Å²) in [6, 6.07) is 7.81. The Hall–Kier alpha value is -1.61. The van der Waals surface area contributed by atoms with Crippen LogP contribution in [-0.2, 0) is 0 Å². The van der Waals surface area contributed by atoms with E-state index in [9.17, 15) is 0 Å². The number of ether oxygens (including phenoxy) is 1. The summed E-state index contributed by atoms with van der Waals surface area (Å²) in [4.78, 5) is 8.95. The predicted octanol–water partition coefficient (Wildman–Crippen LogP) is 3.99. The van der Waals surface area contributed by atoms with Gasteiger partial charge in [0.25, 0.3) is 0 Å². The standard InChI is InChI=1S/C15H15ClN2O/c1-9-7-11(5-6-13(9)19-2)15-17-12(10-3-4-10)8-14(16)18-15/h5-8,10H,3-4H2,1-2H3. The Morgan fingerprint density at radius 3 is 2.63 bits per heavy atom. The number of nitrogens with zero attached hydrogens (tertiary/aromatic N) is 2. The number of aryl methyl sites for hydroxylation is 1. The predicted molar refractivity (Wildman–Crippen MR) is 75.7 cm³/mol. The second-order valence-electron chi connectivity index (χ2n) is 4.90. The van der Waals surface area contributed by atoms with Gasteiger partial charge in [0.15, 0.2) is 5.82 Å². The van der Waals surface area contributed by atoms with Gasteiger partial charge in [0.05, 0.1) is 7.11 Å². The van der Waals surface area contributed by atoms with Crippen LogP contribution >= 0.6 is 11.6 Å². The second kappa shape index (κ2) is 4.82. The molecular weight excluding hydrogens is 260 g/mol. The molecule has 0 saturated heterocycles. The zero-order chi connectivity index (χ0) is 13.4. The molecule has 1 aliphatic rings. The van der Waals surface area contributed by atoms with Gasteiger partial charge >= 0.3 is 0 Å². The molecule has 0 spiro atoms. The maximum Gasteiger partial charge on any atom is 0.161 e. The van der Waals surface area contributed by atoms with E-state index < -0.39 is 0 Å². The molecule has 19 heavy (non-hydrogen) atoms. The third kappa shape index (κ3) is 2.56. The molecule has 4 heteroatoms. The molecule has 0 bridgehead atoms. The van der Waals surface area contributed by atoms with E-state index in [1.165, 1.54) is 12.8 Å². The second-order valence-corrected chi connectivity index (χ2v) is 5.29. The van der Waals surface area contributed by atoms with Crippen molar-refractivity contribution in [2.75, 3.05) is 7.11 Å². The van der Waals surface area contributed by atoms with Crippen molar-refractivity contribution >= 4 is 11.6 Å². The zero-order valence-corrected chi connectivity index (χ0v) is 11.7. The lowest BCUT2D eigenvalue weighted by molar-refractivity contribution is 0.412. The summed E-state index contributed by atoms with van der Waals surface area (Å²) in [6.45, 7) is 2.01. The molecule has 0 unspecified atom stereocenters. The summed E-state index contributed by atoms with van der Waals surface area (Å²) in [5, 5.41) is 0.514. The van der Waals surface area contributed by atoms with E-state index in [2.05, 4.69) is 9.97 Å². The molecule has 0 radical (unpaired) electrons. The van der Waals surface area contributed by atoms with Gasteiger partial charge < -0.3 is 4.74 Å². The van der Waals surface area contributed by atoms with E-state index in [4.69, 9.17) is 16.3 Å². The van der Waals surface area contributed by atoms with Crippen molar-refractivity contribution in [1.29, 1.82) is 0 Å². The Morgan fingerprint density at radius 2 is 2.00 bits per heavy atom. The van der Waals surface area contributed by atoms with Crippen LogP contribution in [0.2, 0.25) is 5.15 Å². The Bertz CT molecular complexity index is 624. The molecule has 0 aliphatic heterocycles. The summed E-state index contributed by atoms with van der Waals surface area (Å²) >= 11 is 6.09. The largest absolute Gasteiger partial charge is 0.496 e. The normalized spacial score (nSPS) is 14.5. The SMILES string of the molecule is COc1ccc(-c2nc(Cl)cc(C3CC3)n2)cc1C. The number of benzene rings is 1. The fraction of sp³-hybridized carbons (Fsp3) is 0.333. The highest BCUT2D eigenvalue weighted by molar-refractivity contribution is 6.29. The Kier molecular flexibility index (Phi) is 3.15. The number of hydrogen-bond donors (Lipinski definition) is 0. The maximum absolute atomic E-state index is 6.09. The van der Waals surface area contributed by atoms with Crippen LogP contribution in [0.5, 0.6) is 5.75 Å². The minimum Gasteiger partial charge on any atom is -0.496 e. The zero-order valence-electron chi connectivity index (χ0n) is 11.0. The fourth-order valence-corrected chi connectivity index (χ4v) is 2.36. The van der Waals surface area contributed by atoms with Crippen molar-refractivity contribution in [3.8, 4) is 17.1 Å². The number of aromatic nitrogens is 2. The molecule has 0 amide bonds. The van der Waals surface area contributed by atoms with Crippen LogP contribution in [-0.4, -0.2) is 17.1 Å². The van der Waals surface area contributed by atoms with E-state index in [0.717, 1.165) is 22.6 Å². The molecule has 3 rings (SSSR count). The van der Waals surface area contributed by atoms with E-state index in [-0.39, 0.29) is 0 Å². The van der Waals surface area contributed by atoms with Gasteiger partial charge in [0.1, 0.15) is 10.9 Å². The lowest BCUT2D eigenvalue weighted by atomic mass is 10.1. The highest BCUT2D eigenvalue weighted by Gasteiger charge is 2.26. The Balaban J connectivity index is 2.03. The van der Waals surface area contributed by atoms with Crippen LogP contribution in [0.1, 0.15) is 30.0 Å². The first-order valence-corrected chi connectivity index (χ1v) is 6.74. The molecule has 1 fully saturated rings. The summed E-state index contributed by atoms with van der Waals surface area (Å²) in [5.41, 5.74) is 3.10. The quantitative estimate of drug-likeness (QED) is 0.794. The van der Waals surface area contributed by atoms with Gasteiger partial charge in [-0.3, -0.25) is 0 Å². The molecule has 3 nitrogen and oxygen atoms in total. The maximum atomic E-state index is 6.09. The first-order valence-electron chi connectivity index (χ1n) is 6.37. The van der Waals surface area contributed by atoms with Crippen molar-refractivity contribution in [3.63, 3.8) is 0 Å². The van der Waals surface area contributed by atoms with Crippen molar-refractivity contribution in [2.24, 2.45) is 0 Å². The number of methoxy groups -OCH3 is 1. The number of hydrogen-bond acceptors (Lipinski definition) is 3. The van der Waals surface area contributed by atoms with Crippen LogP contribution in [0.15, 0.2) is 24.3 Å². The lowest BCUT2D eigenvalue weighted by Gasteiger charge is -2.08. The monoisotopic (exact) mass is 274 g/mol. The van der Waals surface area contributed by atoms with E-state index in [1.54, 1.807) is 7.11 Å². The molecule has 0 atom stereocenters. The van der Waals surface area contributed by atoms with Gasteiger partial charge in [-0.25, -0.2) is 9.97 Å². The van der Waals surface area contributed by atoms with Crippen LogP contribution in [0, 0.1) is 6.92 Å². The highest BCUT2D eigenvalue weighted by atomic mass is 35.5. The van der Waals surface area contributed by atoms with Gasteiger partial charge in [-0.05, 0) is 49.6 Å². The fourth-order valence-electron chi connectivity index (χ4n) is 2.17. The first kappa shape index (κ1) is 12.4. The molecule has 1 saturated carbocycles. The third-order valence-corrected chi connectivity index (χ3v) is 3.56. The summed E-state index contributed by atoms with van der Waals surface area (Å²) in [7, 11) is 1.67. The summed E-state index contributed by atoms with van der Waals surface area (Å²) < 4.78 is 5.26. The molecule has 1 aliphatic carbocycles. The van der Waals surface area contributed by atoms with E-state index in [1.807, 2.05) is 31.2 Å². The van der Waals surface area contributed by atoms with Crippen LogP contribution in [0.4, 0.5) is 0 Å². The lowest BCUT2D eigenvalue weighted by Crippen LogP contribution is -1.96. The van der Waals surface area contributed by atoms with Crippen molar-refractivity contribution in [3.05, 3.63) is 40.7 Å². The van der Waals surface area contributed by atoms with Crippen LogP contribution in [0.3, 0.4) is 0 Å². The van der Waals surface area contributed by atoms with Gasteiger partial charge in [-0.2, -0.15) is 0 Å². The average Bonchev–Trinajstić information content (AvgIpc) is 3.22. The van der Waals surface area contributed by atoms with Gasteiger partial charge in [-0.1, -0.05) is 11.6 Å². The summed E-state index contributed by atoms with van der Waals surface area (Å²) in [6.07, 6.45) is 2.41. The molecule has 1 aromatic heterocycles. The molecule has 98 valence electrons. The Labute approximate surface area is 117 Å². The van der Waals surface area contributed by atoms with Crippen LogP contribution < -0.4 is 4.74 Å². The summed E-state index contributed by atoms with van der Waals surface area (Å²) in [5.74, 6) is 2.13. The Morgan fingerprint density at radius 1 is 1.21 bits per heavy atom. The molecule has 2 aromatic rings. The molecule has 1 aromatic carbocycles. The van der Waals surface area contributed by atoms with Crippen molar-refractivity contribution < 1.29 is 4.74 Å². The molecule has 1 heterocycles. The highest BCUT2D eigenvalue weighted by Crippen LogP contribution is 2.40. The van der Waals surface area contributed by atoms with Gasteiger partial charge in [-0.15, -0.1) is 0 Å². The number of halogens is 1. The van der Waals surface area contributed by atoms with Crippen molar-refractivity contribution in [1.82, 2.24) is 9.97 Å². The third-order valence-electron chi connectivity index (χ3n) is 3.36. The molecular formula is C15H15ClN2O. The smallest absolute Gasteiger partial charge is 0.161 e. The first-order chi connectivity index (χ1) is 9.17. The minimum atomic E-state index is 0.514. The van der Waals surface area contributed by atoms with E-state index in [0.29, 0.717) is 16.9 Å². The molecule has 0 N–H and O–H groups in total. The van der Waals surface area contributed by atoms with E-state index >= 15 is 0 Å². The number of rotatable bonds is 3. The average molecular weight is 275 g/mol. The van der Waals surface area contributed by atoms with Crippen molar-refractivity contribution in [2.45, 2.75) is 25.7 Å². The van der Waals surface area contributed by atoms with Gasteiger partial charge in [0, 0.05) is 17.2 Å².